The van der Waals surface area contributed by atoms with Gasteiger partial charge in [0.15, 0.2) is 6.61 Å². The van der Waals surface area contributed by atoms with Gasteiger partial charge >= 0.3 is 0 Å². The van der Waals surface area contributed by atoms with Crippen LogP contribution in [0.15, 0.2) is 30.9 Å². The molecule has 24 heavy (non-hydrogen) atoms. The predicted octanol–water partition coefficient (Wildman–Crippen LogP) is 1.74. The van der Waals surface area contributed by atoms with Crippen LogP contribution in [0.3, 0.4) is 0 Å². The summed E-state index contributed by atoms with van der Waals surface area (Å²) >= 11 is 0. The van der Waals surface area contributed by atoms with Crippen LogP contribution in [-0.4, -0.2) is 47.4 Å². The number of anilines is 1. The molecule has 1 aliphatic heterocycles. The molecule has 1 heterocycles. The molecule has 0 aliphatic carbocycles. The fourth-order valence-electron chi connectivity index (χ4n) is 2.44. The van der Waals surface area contributed by atoms with Crippen molar-refractivity contribution in [2.24, 2.45) is 0 Å². The molecule has 1 aromatic rings. The Morgan fingerprint density at radius 1 is 1.54 bits per heavy atom. The van der Waals surface area contributed by atoms with Crippen molar-refractivity contribution in [2.45, 2.75) is 19.9 Å². The van der Waals surface area contributed by atoms with Crippen molar-refractivity contribution in [2.75, 3.05) is 24.6 Å². The Bertz CT molecular complexity index is 686. The van der Waals surface area contributed by atoms with Crippen molar-refractivity contribution >= 4 is 23.2 Å². The topological polar surface area (TPSA) is 93.0 Å². The van der Waals surface area contributed by atoms with E-state index in [9.17, 15) is 19.7 Å². The van der Waals surface area contributed by atoms with E-state index in [4.69, 9.17) is 4.74 Å². The zero-order valence-corrected chi connectivity index (χ0v) is 13.6. The van der Waals surface area contributed by atoms with Crippen LogP contribution in [0.1, 0.15) is 13.8 Å². The molecule has 0 radical (unpaired) electrons. The average molecular weight is 333 g/mol. The van der Waals surface area contributed by atoms with E-state index in [-0.39, 0.29) is 36.5 Å². The fraction of sp³-hybridized carbons (Fsp3) is 0.375. The number of fused-ring (bicyclic) bond motifs is 1. The number of nitro benzene ring substituents is 1. The molecule has 0 saturated heterocycles. The van der Waals surface area contributed by atoms with E-state index >= 15 is 0 Å². The van der Waals surface area contributed by atoms with E-state index in [2.05, 4.69) is 6.58 Å². The third-order valence-electron chi connectivity index (χ3n) is 3.66. The van der Waals surface area contributed by atoms with Gasteiger partial charge in [-0.2, -0.15) is 0 Å². The first-order chi connectivity index (χ1) is 11.3. The Morgan fingerprint density at radius 3 is 2.83 bits per heavy atom. The maximum Gasteiger partial charge on any atom is 0.271 e. The fourth-order valence-corrected chi connectivity index (χ4v) is 2.44. The number of hydrogen-bond acceptors (Lipinski definition) is 5. The minimum absolute atomic E-state index is 0.0591. The normalized spacial score (nSPS) is 13.3. The highest BCUT2D eigenvalue weighted by Gasteiger charge is 2.30. The average Bonchev–Trinajstić information content (AvgIpc) is 2.54. The van der Waals surface area contributed by atoms with Gasteiger partial charge in [0.1, 0.15) is 12.3 Å². The number of carbonyl (C=O) groups is 2. The Kier molecular flexibility index (Phi) is 5.18. The van der Waals surface area contributed by atoms with Crippen molar-refractivity contribution < 1.29 is 19.2 Å². The lowest BCUT2D eigenvalue weighted by Gasteiger charge is -2.32. The summed E-state index contributed by atoms with van der Waals surface area (Å²) < 4.78 is 5.28. The van der Waals surface area contributed by atoms with Gasteiger partial charge in [-0.25, -0.2) is 0 Å². The summed E-state index contributed by atoms with van der Waals surface area (Å²) in [6.07, 6.45) is 1.61. The molecule has 2 rings (SSSR count). The molecule has 8 nitrogen and oxygen atoms in total. The largest absolute Gasteiger partial charge is 0.482 e. The lowest BCUT2D eigenvalue weighted by Crippen LogP contribution is -2.48. The van der Waals surface area contributed by atoms with Gasteiger partial charge in [0.2, 0.25) is 5.91 Å². The SMILES string of the molecule is C=CCN(C(=O)CN1C(=O)COc2ccc([N+](=O)[O-])cc21)C(C)C. The molecular weight excluding hydrogens is 314 g/mol. The molecule has 0 aromatic heterocycles. The van der Waals surface area contributed by atoms with Gasteiger partial charge in [0.25, 0.3) is 11.6 Å². The molecule has 0 N–H and O–H groups in total. The lowest BCUT2D eigenvalue weighted by molar-refractivity contribution is -0.384. The number of ether oxygens (including phenoxy) is 1. The van der Waals surface area contributed by atoms with Crippen molar-refractivity contribution in [1.29, 1.82) is 0 Å². The molecule has 0 fully saturated rings. The van der Waals surface area contributed by atoms with Gasteiger partial charge in [-0.1, -0.05) is 6.08 Å². The highest BCUT2D eigenvalue weighted by molar-refractivity contribution is 6.02. The summed E-state index contributed by atoms with van der Waals surface area (Å²) in [5, 5.41) is 11.0. The van der Waals surface area contributed by atoms with Gasteiger partial charge < -0.3 is 9.64 Å². The van der Waals surface area contributed by atoms with Gasteiger partial charge in [-0.15, -0.1) is 6.58 Å². The molecule has 1 aromatic carbocycles. The standard InChI is InChI=1S/C16H19N3O5/c1-4-7-17(11(2)3)15(20)9-18-13-8-12(19(22)23)5-6-14(13)24-10-16(18)21/h4-6,8,11H,1,7,9-10H2,2-3H3. The smallest absolute Gasteiger partial charge is 0.271 e. The van der Waals surface area contributed by atoms with E-state index in [1.807, 2.05) is 13.8 Å². The number of nitro groups is 1. The Labute approximate surface area is 139 Å². The number of amides is 2. The lowest BCUT2D eigenvalue weighted by atomic mass is 10.2. The van der Waals surface area contributed by atoms with E-state index in [0.29, 0.717) is 12.3 Å². The van der Waals surface area contributed by atoms with Gasteiger partial charge in [0.05, 0.1) is 10.6 Å². The summed E-state index contributed by atoms with van der Waals surface area (Å²) in [5.74, 6) is -0.343. The quantitative estimate of drug-likeness (QED) is 0.449. The maximum absolute atomic E-state index is 12.5. The van der Waals surface area contributed by atoms with Crippen LogP contribution in [0, 0.1) is 10.1 Å². The maximum atomic E-state index is 12.5. The van der Waals surface area contributed by atoms with Gasteiger partial charge in [0, 0.05) is 24.7 Å². The van der Waals surface area contributed by atoms with E-state index < -0.39 is 10.8 Å². The van der Waals surface area contributed by atoms with Crippen LogP contribution in [0.25, 0.3) is 0 Å². The van der Waals surface area contributed by atoms with Crippen LogP contribution in [0.4, 0.5) is 11.4 Å². The van der Waals surface area contributed by atoms with Gasteiger partial charge in [-0.3, -0.25) is 24.6 Å². The second-order valence-electron chi connectivity index (χ2n) is 5.61. The zero-order valence-electron chi connectivity index (χ0n) is 13.6. The van der Waals surface area contributed by atoms with Crippen LogP contribution >= 0.6 is 0 Å². The predicted molar refractivity (Wildman–Crippen MR) is 88.0 cm³/mol. The summed E-state index contributed by atoms with van der Waals surface area (Å²) in [5.41, 5.74) is 0.0624. The summed E-state index contributed by atoms with van der Waals surface area (Å²) in [6, 6.07) is 3.91. The highest BCUT2D eigenvalue weighted by Crippen LogP contribution is 2.35. The van der Waals surface area contributed by atoms with E-state index in [1.165, 1.54) is 23.1 Å². The second kappa shape index (κ2) is 7.12. The molecule has 0 spiro atoms. The molecule has 0 saturated carbocycles. The molecule has 128 valence electrons. The van der Waals surface area contributed by atoms with Crippen LogP contribution < -0.4 is 9.64 Å². The zero-order chi connectivity index (χ0) is 17.9. The number of carbonyl (C=O) groups excluding carboxylic acids is 2. The number of benzene rings is 1. The molecule has 0 atom stereocenters. The van der Waals surface area contributed by atoms with E-state index in [0.717, 1.165) is 0 Å². The molecule has 0 bridgehead atoms. The molecular formula is C16H19N3O5. The highest BCUT2D eigenvalue weighted by atomic mass is 16.6. The van der Waals surface area contributed by atoms with Crippen LogP contribution in [-0.2, 0) is 9.59 Å². The van der Waals surface area contributed by atoms with Crippen LogP contribution in [0.5, 0.6) is 5.75 Å². The summed E-state index contributed by atoms with van der Waals surface area (Å²) in [6.45, 7) is 7.29. The summed E-state index contributed by atoms with van der Waals surface area (Å²) in [4.78, 5) is 37.9. The van der Waals surface area contributed by atoms with E-state index in [1.54, 1.807) is 11.0 Å². The first-order valence-corrected chi connectivity index (χ1v) is 7.47. The summed E-state index contributed by atoms with van der Waals surface area (Å²) in [7, 11) is 0. The number of hydrogen-bond donors (Lipinski definition) is 0. The first-order valence-electron chi connectivity index (χ1n) is 7.47. The van der Waals surface area contributed by atoms with Crippen molar-refractivity contribution in [3.05, 3.63) is 41.0 Å². The van der Waals surface area contributed by atoms with Crippen LogP contribution in [0.2, 0.25) is 0 Å². The molecule has 8 heteroatoms. The number of nitrogens with zero attached hydrogens (tertiary/aromatic N) is 3. The minimum atomic E-state index is -0.558. The van der Waals surface area contributed by atoms with Gasteiger partial charge in [-0.05, 0) is 19.9 Å². The first kappa shape index (κ1) is 17.5. The Hall–Kier alpha value is -2.90. The Balaban J connectivity index is 2.32. The van der Waals surface area contributed by atoms with Crippen molar-refractivity contribution in [3.63, 3.8) is 0 Å². The third kappa shape index (κ3) is 3.53. The molecule has 1 aliphatic rings. The minimum Gasteiger partial charge on any atom is -0.482 e. The van der Waals surface area contributed by atoms with Crippen molar-refractivity contribution in [1.82, 2.24) is 4.90 Å². The monoisotopic (exact) mass is 333 g/mol. The second-order valence-corrected chi connectivity index (χ2v) is 5.61. The van der Waals surface area contributed by atoms with Crippen molar-refractivity contribution in [3.8, 4) is 5.75 Å². The third-order valence-corrected chi connectivity index (χ3v) is 3.66. The number of non-ortho nitro benzene ring substituents is 1. The number of rotatable bonds is 6. The molecule has 0 unspecified atom stereocenters. The molecule has 2 amide bonds. The Morgan fingerprint density at radius 2 is 2.25 bits per heavy atom.